The molecule has 5 N–H and O–H groups in total. The van der Waals surface area contributed by atoms with E-state index in [1.807, 2.05) is 0 Å². The van der Waals surface area contributed by atoms with E-state index in [4.69, 9.17) is 16.3 Å². The normalized spacial score (nSPS) is 8.93. The minimum atomic E-state index is -4.36. The van der Waals surface area contributed by atoms with Crippen molar-refractivity contribution >= 4 is 27.8 Å². The quantitative estimate of drug-likeness (QED) is 0.347. The second kappa shape index (κ2) is 8.31. The zero-order chi connectivity index (χ0) is 9.19. The topological polar surface area (TPSA) is 121 Å². The fourth-order valence-corrected chi connectivity index (χ4v) is 1.18. The maximum absolute atomic E-state index is 10.5. The summed E-state index contributed by atoms with van der Waals surface area (Å²) < 4.78 is 29.7. The fourth-order valence-electron chi connectivity index (χ4n) is 0.678. The first kappa shape index (κ1) is 20.5. The number of anilines is 1. The van der Waals surface area contributed by atoms with Crippen molar-refractivity contribution in [3.8, 4) is 0 Å². The second-order valence-electron chi connectivity index (χ2n) is 2.03. The molecule has 0 radical (unpaired) electrons. The molecule has 0 spiro atoms. The van der Waals surface area contributed by atoms with Crippen LogP contribution in [0.5, 0.6) is 0 Å². The number of hydrogen-bond donors (Lipinski definition) is 1. The first-order chi connectivity index (χ1) is 5.52. The van der Waals surface area contributed by atoms with E-state index in [0.717, 1.165) is 0 Å². The molecule has 0 atom stereocenters. The predicted molar refractivity (Wildman–Crippen MR) is 54.7 cm³/mol. The maximum Gasteiger partial charge on any atom is 1.00 e. The Kier molecular flexibility index (Phi) is 11.4. The van der Waals surface area contributed by atoms with E-state index in [2.05, 4.69) is 0 Å². The van der Waals surface area contributed by atoms with E-state index in [1.165, 1.54) is 12.1 Å². The van der Waals surface area contributed by atoms with E-state index < -0.39 is 10.3 Å². The molecule has 1 aromatic carbocycles. The Morgan fingerprint density at radius 1 is 1.20 bits per heavy atom. The summed E-state index contributed by atoms with van der Waals surface area (Å²) >= 11 is 5.28. The monoisotopic (exact) mass is 267 g/mol. The summed E-state index contributed by atoms with van der Waals surface area (Å²) in [5, 5.41) is 0. The molecule has 0 saturated heterocycles. The van der Waals surface area contributed by atoms with E-state index in [-0.39, 0.29) is 51.4 Å². The van der Waals surface area contributed by atoms with Crippen molar-refractivity contribution in [2.45, 2.75) is 0 Å². The van der Waals surface area contributed by atoms with Crippen LogP contribution in [0.4, 0.5) is 5.69 Å². The Hall–Kier alpha value is 0.140. The minimum absolute atomic E-state index is 0. The van der Waals surface area contributed by atoms with Gasteiger partial charge in [-0.15, -0.1) is 0 Å². The molecule has 0 aromatic heterocycles. The van der Waals surface area contributed by atoms with Gasteiger partial charge < -0.3 is 12.4 Å². The van der Waals surface area contributed by atoms with Crippen molar-refractivity contribution in [2.75, 3.05) is 3.82 Å². The van der Waals surface area contributed by atoms with Crippen LogP contribution >= 0.6 is 11.8 Å². The molecule has 0 fully saturated rings. The van der Waals surface area contributed by atoms with Crippen molar-refractivity contribution < 1.29 is 54.9 Å². The molecular formula is C6H11ClNNaO5S. The summed E-state index contributed by atoms with van der Waals surface area (Å²) in [4.78, 5) is 0. The van der Waals surface area contributed by atoms with Gasteiger partial charge in [-0.25, -0.2) is 0 Å². The molecule has 0 heterocycles. The maximum atomic E-state index is 10.5. The number of halogens is 1. The van der Waals surface area contributed by atoms with Crippen LogP contribution in [0.1, 0.15) is 1.43 Å². The zero-order valence-corrected chi connectivity index (χ0v) is 11.5. The largest absolute Gasteiger partial charge is 1.00 e. The van der Waals surface area contributed by atoms with Gasteiger partial charge in [0.1, 0.15) is 0 Å². The third kappa shape index (κ3) is 6.33. The Labute approximate surface area is 116 Å². The molecular weight excluding hydrogens is 257 g/mol. The van der Waals surface area contributed by atoms with Gasteiger partial charge in [0.05, 0.1) is 5.69 Å². The van der Waals surface area contributed by atoms with Gasteiger partial charge in [0, 0.05) is 11.8 Å². The fraction of sp³-hybridized carbons (Fsp3) is 0. The molecule has 0 aliphatic heterocycles. The molecule has 84 valence electrons. The summed E-state index contributed by atoms with van der Waals surface area (Å²) in [6.45, 7) is 0. The van der Waals surface area contributed by atoms with E-state index in [1.54, 1.807) is 18.2 Å². The van der Waals surface area contributed by atoms with Crippen LogP contribution in [0.2, 0.25) is 0 Å². The summed E-state index contributed by atoms with van der Waals surface area (Å²) in [5.74, 6) is 0. The summed E-state index contributed by atoms with van der Waals surface area (Å²) in [5.41, 5.74) is 0.196. The molecule has 0 bridgehead atoms. The van der Waals surface area contributed by atoms with Crippen molar-refractivity contribution in [3.05, 3.63) is 30.3 Å². The first-order valence-corrected chi connectivity index (χ1v) is 4.74. The van der Waals surface area contributed by atoms with Gasteiger partial charge in [-0.1, -0.05) is 18.2 Å². The summed E-state index contributed by atoms with van der Waals surface area (Å²) in [6.07, 6.45) is 0. The van der Waals surface area contributed by atoms with E-state index in [9.17, 15) is 8.42 Å². The molecule has 0 saturated carbocycles. The van der Waals surface area contributed by atoms with Crippen LogP contribution in [0, 0.1) is 0 Å². The van der Waals surface area contributed by atoms with Crippen molar-refractivity contribution in [1.82, 2.24) is 0 Å². The molecule has 1 aromatic rings. The number of nitrogens with zero attached hydrogens (tertiary/aromatic N) is 1. The van der Waals surface area contributed by atoms with Crippen molar-refractivity contribution in [2.24, 2.45) is 0 Å². The van der Waals surface area contributed by atoms with Crippen LogP contribution < -0.4 is 33.4 Å². The minimum Gasteiger partial charge on any atom is -1.00 e. The van der Waals surface area contributed by atoms with E-state index >= 15 is 0 Å². The molecule has 6 nitrogen and oxygen atoms in total. The van der Waals surface area contributed by atoms with Crippen LogP contribution in [-0.2, 0) is 10.3 Å². The van der Waals surface area contributed by atoms with Gasteiger partial charge in [-0.05, 0) is 12.1 Å². The van der Waals surface area contributed by atoms with Crippen LogP contribution in [0.3, 0.4) is 0 Å². The average Bonchev–Trinajstić information content (AvgIpc) is 2.03. The molecule has 0 amide bonds. The van der Waals surface area contributed by atoms with Crippen molar-refractivity contribution in [3.63, 3.8) is 0 Å². The number of para-hydroxylation sites is 1. The van der Waals surface area contributed by atoms with Crippen LogP contribution in [-0.4, -0.2) is 23.9 Å². The molecule has 9 heteroatoms. The third-order valence-electron chi connectivity index (χ3n) is 1.16. The zero-order valence-electron chi connectivity index (χ0n) is 8.88. The summed E-state index contributed by atoms with van der Waals surface area (Å²) in [7, 11) is -4.36. The van der Waals surface area contributed by atoms with Crippen LogP contribution in [0.25, 0.3) is 0 Å². The predicted octanol–water partition coefficient (Wildman–Crippen LogP) is -3.08. The number of hydrogen-bond acceptors (Lipinski definition) is 2. The number of rotatable bonds is 2. The molecule has 0 aliphatic carbocycles. The molecule has 0 aliphatic rings. The SMILES string of the molecule is O.O.O=S(=O)(O)N(Cl)c1ccccc1.[H-].[Na+]. The standard InChI is InChI=1S/C6H6ClNO3S.Na.2H2O.H/c7-8(12(9,10)11)6-4-2-1-3-5-6;;;;/h1-5H,(H,9,10,11);;2*1H2;/q;+1;;;-1. The Bertz CT molecular complexity index is 364. The Morgan fingerprint density at radius 3 is 1.93 bits per heavy atom. The van der Waals surface area contributed by atoms with Gasteiger partial charge in [0.2, 0.25) is 0 Å². The smallest absolute Gasteiger partial charge is 1.00 e. The third-order valence-corrected chi connectivity index (χ3v) is 2.50. The van der Waals surface area contributed by atoms with Gasteiger partial charge >= 0.3 is 39.9 Å². The molecule has 1 rings (SSSR count). The first-order valence-electron chi connectivity index (χ1n) is 3.00. The van der Waals surface area contributed by atoms with Gasteiger partial charge in [-0.2, -0.15) is 12.2 Å². The Morgan fingerprint density at radius 2 is 1.60 bits per heavy atom. The van der Waals surface area contributed by atoms with Gasteiger partial charge in [0.15, 0.2) is 0 Å². The van der Waals surface area contributed by atoms with Gasteiger partial charge in [0.25, 0.3) is 0 Å². The van der Waals surface area contributed by atoms with E-state index in [0.29, 0.717) is 0 Å². The number of benzene rings is 1. The summed E-state index contributed by atoms with van der Waals surface area (Å²) in [6, 6.07) is 7.84. The van der Waals surface area contributed by atoms with Crippen LogP contribution in [0.15, 0.2) is 30.3 Å². The Balaban J connectivity index is -0.000000180. The second-order valence-corrected chi connectivity index (χ2v) is 3.83. The molecule has 0 unspecified atom stereocenters. The van der Waals surface area contributed by atoms with Crippen molar-refractivity contribution in [1.29, 1.82) is 0 Å². The van der Waals surface area contributed by atoms with Gasteiger partial charge in [-0.3, -0.25) is 4.55 Å². The molecule has 15 heavy (non-hydrogen) atoms. The average molecular weight is 268 g/mol.